The standard InChI is InChI=1S/C16H20N/c1-11-6-7-15(13(3)8-11)16-9-12(2)14(4)10-17(16)5/h6-10H,1-5H3/q+1. The summed E-state index contributed by atoms with van der Waals surface area (Å²) < 4.78 is 2.21. The van der Waals surface area contributed by atoms with Gasteiger partial charge in [0.2, 0.25) is 5.69 Å². The average molecular weight is 226 g/mol. The fourth-order valence-electron chi connectivity index (χ4n) is 2.25. The van der Waals surface area contributed by atoms with Gasteiger partial charge < -0.3 is 0 Å². The summed E-state index contributed by atoms with van der Waals surface area (Å²) in [7, 11) is 2.11. The Balaban J connectivity index is 2.64. The molecule has 0 radical (unpaired) electrons. The zero-order valence-electron chi connectivity index (χ0n) is 11.3. The average Bonchev–Trinajstić information content (AvgIpc) is 2.24. The Morgan fingerprint density at radius 2 is 1.53 bits per heavy atom. The summed E-state index contributed by atoms with van der Waals surface area (Å²) in [6.45, 7) is 8.64. The monoisotopic (exact) mass is 226 g/mol. The van der Waals surface area contributed by atoms with E-state index in [0.29, 0.717) is 0 Å². The number of benzene rings is 1. The molecule has 0 fully saturated rings. The van der Waals surface area contributed by atoms with Crippen molar-refractivity contribution in [1.29, 1.82) is 0 Å². The lowest BCUT2D eigenvalue weighted by Gasteiger charge is -2.07. The Labute approximate surface area is 104 Å². The van der Waals surface area contributed by atoms with Gasteiger partial charge in [0.05, 0.1) is 0 Å². The number of rotatable bonds is 1. The third-order valence-electron chi connectivity index (χ3n) is 3.40. The van der Waals surface area contributed by atoms with Gasteiger partial charge in [-0.15, -0.1) is 0 Å². The molecule has 0 unspecified atom stereocenters. The molecule has 1 heteroatoms. The van der Waals surface area contributed by atoms with Crippen LogP contribution < -0.4 is 4.57 Å². The van der Waals surface area contributed by atoms with Crippen molar-refractivity contribution < 1.29 is 4.57 Å². The van der Waals surface area contributed by atoms with Crippen molar-refractivity contribution in [2.45, 2.75) is 27.7 Å². The maximum Gasteiger partial charge on any atom is 0.212 e. The van der Waals surface area contributed by atoms with Gasteiger partial charge in [0.15, 0.2) is 6.20 Å². The molecule has 2 aromatic rings. The Morgan fingerprint density at radius 1 is 0.824 bits per heavy atom. The lowest BCUT2D eigenvalue weighted by molar-refractivity contribution is -0.660. The lowest BCUT2D eigenvalue weighted by Crippen LogP contribution is -2.31. The summed E-state index contributed by atoms with van der Waals surface area (Å²) >= 11 is 0. The maximum absolute atomic E-state index is 2.27. The van der Waals surface area contributed by atoms with Gasteiger partial charge in [-0.3, -0.25) is 0 Å². The normalized spacial score (nSPS) is 10.6. The van der Waals surface area contributed by atoms with Gasteiger partial charge >= 0.3 is 0 Å². The van der Waals surface area contributed by atoms with Crippen molar-refractivity contribution in [3.05, 3.63) is 52.7 Å². The summed E-state index contributed by atoms with van der Waals surface area (Å²) in [5.74, 6) is 0. The first-order chi connectivity index (χ1) is 7.99. The highest BCUT2D eigenvalue weighted by atomic mass is 14.9. The zero-order chi connectivity index (χ0) is 12.6. The van der Waals surface area contributed by atoms with Crippen LogP contribution >= 0.6 is 0 Å². The second-order valence-electron chi connectivity index (χ2n) is 4.95. The van der Waals surface area contributed by atoms with Crippen LogP contribution in [0.2, 0.25) is 0 Å². The molecular formula is C16H20N+. The minimum atomic E-state index is 1.28. The van der Waals surface area contributed by atoms with Crippen LogP contribution in [0, 0.1) is 27.7 Å². The van der Waals surface area contributed by atoms with Crippen LogP contribution in [0.5, 0.6) is 0 Å². The number of pyridine rings is 1. The number of aromatic nitrogens is 1. The molecule has 1 nitrogen and oxygen atoms in total. The molecule has 1 aromatic heterocycles. The van der Waals surface area contributed by atoms with Crippen LogP contribution in [0.4, 0.5) is 0 Å². The Kier molecular flexibility index (Phi) is 3.01. The first-order valence-electron chi connectivity index (χ1n) is 6.03. The van der Waals surface area contributed by atoms with Crippen LogP contribution in [0.25, 0.3) is 11.3 Å². The molecule has 0 bridgehead atoms. The largest absolute Gasteiger partial charge is 0.212 e. The minimum absolute atomic E-state index is 1.28. The van der Waals surface area contributed by atoms with Crippen molar-refractivity contribution in [2.75, 3.05) is 0 Å². The van der Waals surface area contributed by atoms with Crippen molar-refractivity contribution >= 4 is 0 Å². The second kappa shape index (κ2) is 4.33. The van der Waals surface area contributed by atoms with E-state index in [-0.39, 0.29) is 0 Å². The smallest absolute Gasteiger partial charge is 0.201 e. The van der Waals surface area contributed by atoms with Crippen molar-refractivity contribution in [1.82, 2.24) is 0 Å². The molecule has 1 heterocycles. The van der Waals surface area contributed by atoms with E-state index in [1.807, 2.05) is 0 Å². The molecule has 0 saturated carbocycles. The molecule has 0 N–H and O–H groups in total. The third kappa shape index (κ3) is 2.23. The number of aryl methyl sites for hydroxylation is 5. The Hall–Kier alpha value is -1.63. The third-order valence-corrected chi connectivity index (χ3v) is 3.40. The van der Waals surface area contributed by atoms with Crippen LogP contribution in [0.3, 0.4) is 0 Å². The van der Waals surface area contributed by atoms with E-state index in [2.05, 4.69) is 69.8 Å². The number of hydrogen-bond donors (Lipinski definition) is 0. The summed E-state index contributed by atoms with van der Waals surface area (Å²) in [6, 6.07) is 8.91. The number of hydrogen-bond acceptors (Lipinski definition) is 0. The van der Waals surface area contributed by atoms with E-state index in [4.69, 9.17) is 0 Å². The van der Waals surface area contributed by atoms with Gasteiger partial charge in [-0.05, 0) is 44.9 Å². The summed E-state index contributed by atoms with van der Waals surface area (Å²) in [4.78, 5) is 0. The molecule has 2 rings (SSSR count). The van der Waals surface area contributed by atoms with E-state index >= 15 is 0 Å². The van der Waals surface area contributed by atoms with E-state index in [1.54, 1.807) is 0 Å². The van der Waals surface area contributed by atoms with E-state index in [1.165, 1.54) is 33.5 Å². The SMILES string of the molecule is Cc1ccc(-c2cc(C)c(C)c[n+]2C)c(C)c1. The highest BCUT2D eigenvalue weighted by Gasteiger charge is 2.13. The quantitative estimate of drug-likeness (QED) is 0.656. The molecule has 0 aliphatic carbocycles. The fraction of sp³-hybridized carbons (Fsp3) is 0.312. The van der Waals surface area contributed by atoms with Crippen LogP contribution in [0.15, 0.2) is 30.5 Å². The number of nitrogens with zero attached hydrogens (tertiary/aromatic N) is 1. The van der Waals surface area contributed by atoms with Gasteiger partial charge in [0, 0.05) is 17.2 Å². The van der Waals surface area contributed by atoms with Gasteiger partial charge in [0.25, 0.3) is 0 Å². The molecule has 88 valence electrons. The minimum Gasteiger partial charge on any atom is -0.201 e. The summed E-state index contributed by atoms with van der Waals surface area (Å²) in [5.41, 5.74) is 7.94. The highest BCUT2D eigenvalue weighted by Crippen LogP contribution is 2.22. The Bertz CT molecular complexity index is 568. The fourth-order valence-corrected chi connectivity index (χ4v) is 2.25. The molecule has 0 atom stereocenters. The van der Waals surface area contributed by atoms with Crippen LogP contribution in [-0.2, 0) is 7.05 Å². The predicted molar refractivity (Wildman–Crippen MR) is 72.0 cm³/mol. The van der Waals surface area contributed by atoms with Gasteiger partial charge in [-0.1, -0.05) is 17.7 Å². The van der Waals surface area contributed by atoms with Gasteiger partial charge in [-0.25, -0.2) is 4.57 Å². The molecule has 17 heavy (non-hydrogen) atoms. The van der Waals surface area contributed by atoms with Crippen molar-refractivity contribution in [2.24, 2.45) is 7.05 Å². The summed E-state index contributed by atoms with van der Waals surface area (Å²) in [6.07, 6.45) is 2.20. The molecule has 0 amide bonds. The molecule has 0 aliphatic heterocycles. The second-order valence-corrected chi connectivity index (χ2v) is 4.95. The van der Waals surface area contributed by atoms with E-state index < -0.39 is 0 Å². The van der Waals surface area contributed by atoms with E-state index in [0.717, 1.165) is 0 Å². The van der Waals surface area contributed by atoms with Gasteiger partial charge in [-0.2, -0.15) is 0 Å². The van der Waals surface area contributed by atoms with Crippen LogP contribution in [0.1, 0.15) is 22.3 Å². The van der Waals surface area contributed by atoms with Crippen LogP contribution in [-0.4, -0.2) is 0 Å². The summed E-state index contributed by atoms with van der Waals surface area (Å²) in [5, 5.41) is 0. The first-order valence-corrected chi connectivity index (χ1v) is 6.03. The molecule has 0 saturated heterocycles. The van der Waals surface area contributed by atoms with Crippen molar-refractivity contribution in [3.8, 4) is 11.3 Å². The molecule has 0 aliphatic rings. The molecule has 0 spiro atoms. The lowest BCUT2D eigenvalue weighted by atomic mass is 10.0. The molecular weight excluding hydrogens is 206 g/mol. The van der Waals surface area contributed by atoms with E-state index in [9.17, 15) is 0 Å². The first kappa shape index (κ1) is 11.8. The van der Waals surface area contributed by atoms with Crippen molar-refractivity contribution in [3.63, 3.8) is 0 Å². The maximum atomic E-state index is 2.27. The van der Waals surface area contributed by atoms with Gasteiger partial charge in [0.1, 0.15) is 7.05 Å². The Morgan fingerprint density at radius 3 is 2.18 bits per heavy atom. The highest BCUT2D eigenvalue weighted by molar-refractivity contribution is 5.62. The predicted octanol–water partition coefficient (Wildman–Crippen LogP) is 3.41. The molecule has 1 aromatic carbocycles. The zero-order valence-corrected chi connectivity index (χ0v) is 11.3. The topological polar surface area (TPSA) is 3.88 Å².